The first-order chi connectivity index (χ1) is 14.1. The number of benzene rings is 2. The van der Waals surface area contributed by atoms with Crippen LogP contribution in [0.25, 0.3) is 0 Å². The number of hydrogen-bond donors (Lipinski definition) is 0. The van der Waals surface area contributed by atoms with Gasteiger partial charge in [-0.3, -0.25) is 0 Å². The van der Waals surface area contributed by atoms with Crippen molar-refractivity contribution in [1.29, 1.82) is 0 Å². The highest BCUT2D eigenvalue weighted by molar-refractivity contribution is 6.35. The molecule has 0 N–H and O–H groups in total. The second-order valence-electron chi connectivity index (χ2n) is 6.80. The lowest BCUT2D eigenvalue weighted by Crippen LogP contribution is -2.17. The molecule has 1 fully saturated rings. The zero-order valence-corrected chi connectivity index (χ0v) is 16.9. The number of anilines is 2. The first-order valence-corrected chi connectivity index (χ1v) is 9.67. The van der Waals surface area contributed by atoms with Gasteiger partial charge in [-0.2, -0.15) is 0 Å². The Morgan fingerprint density at radius 2 is 1.67 bits per heavy atom. The molecule has 0 unspecified atom stereocenters. The predicted octanol–water partition coefficient (Wildman–Crippen LogP) is 5.99. The van der Waals surface area contributed by atoms with Gasteiger partial charge in [0.15, 0.2) is 11.5 Å². The van der Waals surface area contributed by atoms with Crippen LogP contribution in [0, 0.1) is 0 Å². The number of halogens is 1. The van der Waals surface area contributed by atoms with Gasteiger partial charge in [0.2, 0.25) is 0 Å². The molecule has 3 aromatic rings. The molecule has 2 aromatic carbocycles. The van der Waals surface area contributed by atoms with Crippen molar-refractivity contribution in [3.05, 3.63) is 71.1 Å². The Labute approximate surface area is 181 Å². The van der Waals surface area contributed by atoms with Crippen molar-refractivity contribution in [2.45, 2.75) is 26.2 Å². The fraction of sp³-hybridized carbons (Fsp3) is 0.261. The molecule has 1 aromatic heterocycles. The highest BCUT2D eigenvalue weighted by Crippen LogP contribution is 2.41. The Morgan fingerprint density at radius 1 is 1.03 bits per heavy atom. The van der Waals surface area contributed by atoms with Gasteiger partial charge in [0, 0.05) is 18.7 Å². The van der Waals surface area contributed by atoms with E-state index in [2.05, 4.69) is 9.97 Å². The molecule has 1 heterocycles. The fourth-order valence-electron chi connectivity index (χ4n) is 2.92. The first kappa shape index (κ1) is 21.6. The quantitative estimate of drug-likeness (QED) is 0.452. The number of hydrogen-bond acceptors (Lipinski definition) is 6. The predicted molar refractivity (Wildman–Crippen MR) is 118 cm³/mol. The van der Waals surface area contributed by atoms with E-state index in [4.69, 9.17) is 21.1 Å². The third-order valence-electron chi connectivity index (χ3n) is 4.69. The summed E-state index contributed by atoms with van der Waals surface area (Å²) in [5.41, 5.74) is 0.945. The van der Waals surface area contributed by atoms with Gasteiger partial charge in [0.05, 0.1) is 7.11 Å². The summed E-state index contributed by atoms with van der Waals surface area (Å²) in [6, 6.07) is 17.1. The largest absolute Gasteiger partial charge is 0.464 e. The van der Waals surface area contributed by atoms with Crippen LogP contribution in [0.1, 0.15) is 42.5 Å². The molecule has 30 heavy (non-hydrogen) atoms. The van der Waals surface area contributed by atoms with Gasteiger partial charge in [-0.25, -0.2) is 14.8 Å². The minimum Gasteiger partial charge on any atom is -0.464 e. The molecule has 4 rings (SSSR count). The van der Waals surface area contributed by atoms with Crippen LogP contribution in [0.2, 0.25) is 5.02 Å². The smallest absolute Gasteiger partial charge is 0.358 e. The van der Waals surface area contributed by atoms with Crippen molar-refractivity contribution in [2.24, 2.45) is 0 Å². The van der Waals surface area contributed by atoms with E-state index in [1.807, 2.05) is 66.5 Å². The maximum absolute atomic E-state index is 12.1. The highest BCUT2D eigenvalue weighted by Gasteiger charge is 2.31. The summed E-state index contributed by atoms with van der Waals surface area (Å²) in [5.74, 6) is 2.28. The fourth-order valence-corrected chi connectivity index (χ4v) is 3.20. The molecular formula is C23H24ClN3O3. The van der Waals surface area contributed by atoms with E-state index in [1.54, 1.807) is 0 Å². The van der Waals surface area contributed by atoms with Crippen LogP contribution in [-0.4, -0.2) is 30.1 Å². The molecule has 7 heteroatoms. The van der Waals surface area contributed by atoms with Crippen LogP contribution in [-0.2, 0) is 4.74 Å². The summed E-state index contributed by atoms with van der Waals surface area (Å²) in [7, 11) is 3.16. The number of para-hydroxylation sites is 1. The number of rotatable bonds is 6. The lowest BCUT2D eigenvalue weighted by molar-refractivity contribution is 0.0593. The second kappa shape index (κ2) is 9.13. The minimum absolute atomic E-state index is 0. The van der Waals surface area contributed by atoms with Gasteiger partial charge in [-0.15, -0.1) is 0 Å². The maximum atomic E-state index is 12.1. The standard InChI is InChI=1S/C22H20ClN3O3.CH4/c1-26(15-10-12-17(13-11-15)29-16-6-4-3-5-7-16)21-18(23)19(22(27)28-2)24-20(25-21)14-8-9-14;/h3-7,10-14H,8-9H2,1-2H3;1H4. The second-order valence-corrected chi connectivity index (χ2v) is 7.18. The molecule has 0 saturated heterocycles. The lowest BCUT2D eigenvalue weighted by Gasteiger charge is -2.21. The Hall–Kier alpha value is -3.12. The average molecular weight is 426 g/mol. The van der Waals surface area contributed by atoms with Crippen molar-refractivity contribution in [3.63, 3.8) is 0 Å². The van der Waals surface area contributed by atoms with E-state index in [0.717, 1.165) is 30.0 Å². The summed E-state index contributed by atoms with van der Waals surface area (Å²) in [5, 5.41) is 0.174. The number of esters is 1. The zero-order chi connectivity index (χ0) is 20.4. The number of methoxy groups -OCH3 is 1. The number of carbonyl (C=O) groups is 1. The Morgan fingerprint density at radius 3 is 2.27 bits per heavy atom. The van der Waals surface area contributed by atoms with Crippen molar-refractivity contribution >= 4 is 29.1 Å². The molecule has 0 amide bonds. The molecule has 156 valence electrons. The molecule has 1 aliphatic rings. The van der Waals surface area contributed by atoms with Crippen LogP contribution in [0.15, 0.2) is 54.6 Å². The summed E-state index contributed by atoms with van der Waals surface area (Å²) < 4.78 is 10.7. The minimum atomic E-state index is -0.569. The van der Waals surface area contributed by atoms with Gasteiger partial charge in [0.1, 0.15) is 22.3 Å². The summed E-state index contributed by atoms with van der Waals surface area (Å²) in [6.45, 7) is 0. The van der Waals surface area contributed by atoms with E-state index < -0.39 is 5.97 Å². The topological polar surface area (TPSA) is 64.5 Å². The van der Waals surface area contributed by atoms with Gasteiger partial charge in [-0.1, -0.05) is 37.2 Å². The molecule has 0 spiro atoms. The van der Waals surface area contributed by atoms with E-state index >= 15 is 0 Å². The van der Waals surface area contributed by atoms with Crippen molar-refractivity contribution in [2.75, 3.05) is 19.1 Å². The Balaban J connectivity index is 0.00000256. The third-order valence-corrected chi connectivity index (χ3v) is 5.04. The van der Waals surface area contributed by atoms with Crippen LogP contribution in [0.3, 0.4) is 0 Å². The molecule has 6 nitrogen and oxygen atoms in total. The lowest BCUT2D eigenvalue weighted by atomic mass is 10.2. The molecule has 0 radical (unpaired) electrons. The van der Waals surface area contributed by atoms with Gasteiger partial charge < -0.3 is 14.4 Å². The first-order valence-electron chi connectivity index (χ1n) is 9.29. The molecule has 0 atom stereocenters. The van der Waals surface area contributed by atoms with E-state index in [-0.39, 0.29) is 24.1 Å². The Kier molecular flexibility index (Phi) is 6.57. The van der Waals surface area contributed by atoms with Gasteiger partial charge in [0.25, 0.3) is 0 Å². The summed E-state index contributed by atoms with van der Waals surface area (Å²) in [6.07, 6.45) is 2.02. The summed E-state index contributed by atoms with van der Waals surface area (Å²) in [4.78, 5) is 22.9. The third kappa shape index (κ3) is 4.54. The highest BCUT2D eigenvalue weighted by atomic mass is 35.5. The average Bonchev–Trinajstić information content (AvgIpc) is 3.60. The van der Waals surface area contributed by atoms with Crippen LogP contribution in [0.5, 0.6) is 11.5 Å². The van der Waals surface area contributed by atoms with E-state index in [0.29, 0.717) is 11.6 Å². The SMILES string of the molecule is C.COC(=O)c1nc(C2CC2)nc(N(C)c2ccc(Oc3ccccc3)cc2)c1Cl. The molecule has 1 aliphatic carbocycles. The van der Waals surface area contributed by atoms with E-state index in [1.165, 1.54) is 7.11 Å². The van der Waals surface area contributed by atoms with Crippen molar-refractivity contribution in [3.8, 4) is 11.5 Å². The molecule has 1 saturated carbocycles. The van der Waals surface area contributed by atoms with Crippen LogP contribution < -0.4 is 9.64 Å². The van der Waals surface area contributed by atoms with Gasteiger partial charge >= 0.3 is 5.97 Å². The molecular weight excluding hydrogens is 402 g/mol. The number of ether oxygens (including phenoxy) is 2. The number of nitrogens with zero attached hydrogens (tertiary/aromatic N) is 3. The van der Waals surface area contributed by atoms with Crippen molar-refractivity contribution < 1.29 is 14.3 Å². The van der Waals surface area contributed by atoms with Crippen molar-refractivity contribution in [1.82, 2.24) is 9.97 Å². The zero-order valence-electron chi connectivity index (χ0n) is 16.1. The maximum Gasteiger partial charge on any atom is 0.358 e. The normalized spacial score (nSPS) is 12.6. The van der Waals surface area contributed by atoms with Crippen LogP contribution >= 0.6 is 11.6 Å². The monoisotopic (exact) mass is 425 g/mol. The van der Waals surface area contributed by atoms with E-state index in [9.17, 15) is 4.79 Å². The molecule has 0 aliphatic heterocycles. The molecule has 0 bridgehead atoms. The van der Waals surface area contributed by atoms with Crippen LogP contribution in [0.4, 0.5) is 11.5 Å². The number of carbonyl (C=O) groups excluding carboxylic acids is 1. The number of aromatic nitrogens is 2. The van der Waals surface area contributed by atoms with Gasteiger partial charge in [-0.05, 0) is 49.2 Å². The summed E-state index contributed by atoms with van der Waals surface area (Å²) >= 11 is 6.47. The Bertz CT molecular complexity index is 1020.